The lowest BCUT2D eigenvalue weighted by Gasteiger charge is -2.31. The fourth-order valence-electron chi connectivity index (χ4n) is 2.38. The Labute approximate surface area is 112 Å². The molecule has 104 valence electrons. The molecule has 1 unspecified atom stereocenters. The molecule has 0 aromatic carbocycles. The van der Waals surface area contributed by atoms with E-state index in [4.69, 9.17) is 16.3 Å². The predicted octanol–water partition coefficient (Wildman–Crippen LogP) is -0.164. The number of amides is 1. The average Bonchev–Trinajstić information content (AvgIpc) is 2.89. The molecule has 0 aromatic rings. The van der Waals surface area contributed by atoms with Crippen LogP contribution in [0.4, 0.5) is 0 Å². The van der Waals surface area contributed by atoms with Crippen molar-refractivity contribution in [2.75, 3.05) is 38.1 Å². The maximum atomic E-state index is 12.3. The van der Waals surface area contributed by atoms with Crippen molar-refractivity contribution in [2.45, 2.75) is 18.9 Å². The van der Waals surface area contributed by atoms with Gasteiger partial charge in [-0.15, -0.1) is 11.6 Å². The summed E-state index contributed by atoms with van der Waals surface area (Å²) in [5.41, 5.74) is 0. The molecule has 0 spiro atoms. The van der Waals surface area contributed by atoms with Gasteiger partial charge in [0.25, 0.3) is 0 Å². The Bertz CT molecular complexity index is 408. The molecule has 0 aromatic heterocycles. The normalized spacial score (nSPS) is 26.5. The molecule has 1 amide bonds. The fraction of sp³-hybridized carbons (Fsp3) is 0.900. The first kappa shape index (κ1) is 14.0. The number of alkyl halides is 1. The van der Waals surface area contributed by atoms with Crippen molar-refractivity contribution in [3.63, 3.8) is 0 Å². The zero-order valence-electron chi connectivity index (χ0n) is 10.0. The Hall–Kier alpha value is -0.370. The summed E-state index contributed by atoms with van der Waals surface area (Å²) in [5.74, 6) is -0.121. The van der Waals surface area contributed by atoms with Crippen molar-refractivity contribution in [2.24, 2.45) is 0 Å². The quantitative estimate of drug-likeness (QED) is 0.679. The summed E-state index contributed by atoms with van der Waals surface area (Å²) in [6.07, 6.45) is 1.28. The van der Waals surface area contributed by atoms with Gasteiger partial charge < -0.3 is 9.64 Å². The Balaban J connectivity index is 2.09. The fourth-order valence-corrected chi connectivity index (χ4v) is 3.87. The maximum Gasteiger partial charge on any atom is 0.241 e. The zero-order chi connectivity index (χ0) is 13.2. The molecule has 2 saturated heterocycles. The number of morpholine rings is 1. The van der Waals surface area contributed by atoms with E-state index in [-0.39, 0.29) is 5.91 Å². The molecule has 0 N–H and O–H groups in total. The monoisotopic (exact) mass is 296 g/mol. The SMILES string of the molecule is O=C(C1CCCN1S(=O)(=O)CCl)N1CCOCC1. The van der Waals surface area contributed by atoms with Gasteiger partial charge in [-0.05, 0) is 12.8 Å². The molecule has 2 aliphatic rings. The Morgan fingerprint density at radius 1 is 1.28 bits per heavy atom. The van der Waals surface area contributed by atoms with E-state index in [9.17, 15) is 13.2 Å². The Morgan fingerprint density at radius 2 is 1.94 bits per heavy atom. The van der Waals surface area contributed by atoms with Gasteiger partial charge in [-0.2, -0.15) is 4.31 Å². The van der Waals surface area contributed by atoms with Crippen LogP contribution in [0.15, 0.2) is 0 Å². The van der Waals surface area contributed by atoms with Crippen molar-refractivity contribution in [3.05, 3.63) is 0 Å². The molecular weight excluding hydrogens is 280 g/mol. The van der Waals surface area contributed by atoms with Crippen LogP contribution in [0.25, 0.3) is 0 Å². The van der Waals surface area contributed by atoms with E-state index in [1.165, 1.54) is 4.31 Å². The first-order chi connectivity index (χ1) is 8.56. The Morgan fingerprint density at radius 3 is 2.56 bits per heavy atom. The molecular formula is C10H17ClN2O4S. The van der Waals surface area contributed by atoms with E-state index in [0.717, 1.165) is 0 Å². The van der Waals surface area contributed by atoms with E-state index in [0.29, 0.717) is 45.7 Å². The summed E-state index contributed by atoms with van der Waals surface area (Å²) in [7, 11) is -3.51. The van der Waals surface area contributed by atoms with E-state index in [2.05, 4.69) is 0 Å². The van der Waals surface area contributed by atoms with Crippen molar-refractivity contribution < 1.29 is 17.9 Å². The van der Waals surface area contributed by atoms with Crippen LogP contribution in [-0.2, 0) is 19.6 Å². The average molecular weight is 297 g/mol. The van der Waals surface area contributed by atoms with Crippen LogP contribution in [-0.4, -0.2) is 67.6 Å². The number of sulfonamides is 1. The van der Waals surface area contributed by atoms with E-state index in [1.54, 1.807) is 4.90 Å². The minimum atomic E-state index is -3.51. The third-order valence-corrected chi connectivity index (χ3v) is 5.56. The summed E-state index contributed by atoms with van der Waals surface area (Å²) in [4.78, 5) is 14.0. The molecule has 1 atom stereocenters. The first-order valence-corrected chi connectivity index (χ1v) is 8.12. The van der Waals surface area contributed by atoms with Gasteiger partial charge in [0.05, 0.1) is 13.2 Å². The summed E-state index contributed by atoms with van der Waals surface area (Å²) in [6, 6.07) is -0.577. The van der Waals surface area contributed by atoms with Crippen LogP contribution in [0.3, 0.4) is 0 Å². The highest BCUT2D eigenvalue weighted by Gasteiger charge is 2.40. The smallest absolute Gasteiger partial charge is 0.241 e. The second-order valence-electron chi connectivity index (χ2n) is 4.43. The molecule has 8 heteroatoms. The molecule has 18 heavy (non-hydrogen) atoms. The lowest BCUT2D eigenvalue weighted by molar-refractivity contribution is -0.138. The number of halogens is 1. The molecule has 0 aliphatic carbocycles. The van der Waals surface area contributed by atoms with Crippen LogP contribution < -0.4 is 0 Å². The number of ether oxygens (including phenoxy) is 1. The highest BCUT2D eigenvalue weighted by atomic mass is 35.5. The van der Waals surface area contributed by atoms with Crippen molar-refractivity contribution >= 4 is 27.5 Å². The van der Waals surface area contributed by atoms with Gasteiger partial charge in [0, 0.05) is 19.6 Å². The molecule has 0 bridgehead atoms. The van der Waals surface area contributed by atoms with E-state index in [1.807, 2.05) is 0 Å². The number of rotatable bonds is 3. The van der Waals surface area contributed by atoms with Gasteiger partial charge in [0.15, 0.2) is 0 Å². The van der Waals surface area contributed by atoms with Crippen LogP contribution in [0, 0.1) is 0 Å². The minimum absolute atomic E-state index is 0.121. The maximum absolute atomic E-state index is 12.3. The summed E-state index contributed by atoms with van der Waals surface area (Å²) < 4.78 is 30.0. The number of carbonyl (C=O) groups is 1. The third-order valence-electron chi connectivity index (χ3n) is 3.31. The van der Waals surface area contributed by atoms with Crippen LogP contribution in [0.5, 0.6) is 0 Å². The van der Waals surface area contributed by atoms with Crippen molar-refractivity contribution in [1.82, 2.24) is 9.21 Å². The number of carbonyl (C=O) groups excluding carboxylic acids is 1. The van der Waals surface area contributed by atoms with E-state index >= 15 is 0 Å². The molecule has 2 fully saturated rings. The highest BCUT2D eigenvalue weighted by Crippen LogP contribution is 2.24. The summed E-state index contributed by atoms with van der Waals surface area (Å²) in [6.45, 7) is 2.48. The Kier molecular flexibility index (Phi) is 4.47. The number of nitrogens with zero attached hydrogens (tertiary/aromatic N) is 2. The van der Waals surface area contributed by atoms with Crippen LogP contribution in [0.2, 0.25) is 0 Å². The topological polar surface area (TPSA) is 66.9 Å². The second kappa shape index (κ2) is 5.73. The molecule has 0 radical (unpaired) electrons. The molecule has 2 rings (SSSR count). The third kappa shape index (κ3) is 2.79. The van der Waals surface area contributed by atoms with Gasteiger partial charge in [0.1, 0.15) is 11.3 Å². The summed E-state index contributed by atoms with van der Waals surface area (Å²) >= 11 is 5.45. The highest BCUT2D eigenvalue weighted by molar-refractivity contribution is 7.90. The standard InChI is InChI=1S/C10H17ClN2O4S/c11-8-18(15,16)13-3-1-2-9(13)10(14)12-4-6-17-7-5-12/h9H,1-8H2. The zero-order valence-corrected chi connectivity index (χ0v) is 11.6. The van der Waals surface area contributed by atoms with Gasteiger partial charge in [-0.3, -0.25) is 4.79 Å². The van der Waals surface area contributed by atoms with Crippen molar-refractivity contribution in [1.29, 1.82) is 0 Å². The number of hydrogen-bond acceptors (Lipinski definition) is 4. The number of hydrogen-bond donors (Lipinski definition) is 0. The summed E-state index contributed by atoms with van der Waals surface area (Å²) in [5, 5.41) is -0.472. The van der Waals surface area contributed by atoms with Crippen LogP contribution in [0.1, 0.15) is 12.8 Å². The minimum Gasteiger partial charge on any atom is -0.378 e. The molecule has 0 saturated carbocycles. The van der Waals surface area contributed by atoms with Gasteiger partial charge in [-0.1, -0.05) is 0 Å². The molecule has 2 heterocycles. The van der Waals surface area contributed by atoms with Crippen molar-refractivity contribution in [3.8, 4) is 0 Å². The first-order valence-electron chi connectivity index (χ1n) is 5.98. The van der Waals surface area contributed by atoms with Crippen LogP contribution >= 0.6 is 11.6 Å². The predicted molar refractivity (Wildman–Crippen MR) is 66.8 cm³/mol. The van der Waals surface area contributed by atoms with Gasteiger partial charge in [-0.25, -0.2) is 8.42 Å². The molecule has 2 aliphatic heterocycles. The second-order valence-corrected chi connectivity index (χ2v) is 6.93. The van der Waals surface area contributed by atoms with Gasteiger partial charge >= 0.3 is 0 Å². The van der Waals surface area contributed by atoms with E-state index < -0.39 is 21.3 Å². The largest absolute Gasteiger partial charge is 0.378 e. The lowest BCUT2D eigenvalue weighted by atomic mass is 10.2. The molecule has 6 nitrogen and oxygen atoms in total. The lowest BCUT2D eigenvalue weighted by Crippen LogP contribution is -2.51. The van der Waals surface area contributed by atoms with Gasteiger partial charge in [0.2, 0.25) is 15.9 Å².